The van der Waals surface area contributed by atoms with Gasteiger partial charge in [-0.25, -0.2) is 0 Å². The van der Waals surface area contributed by atoms with Gasteiger partial charge in [0.15, 0.2) is 0 Å². The number of hydrogen-bond acceptors (Lipinski definition) is 3. The van der Waals surface area contributed by atoms with Gasteiger partial charge in [0.2, 0.25) is 0 Å². The molecule has 1 N–H and O–H groups in total. The monoisotopic (exact) mass is 250 g/mol. The lowest BCUT2D eigenvalue weighted by molar-refractivity contribution is 0.477. The van der Waals surface area contributed by atoms with E-state index >= 15 is 0 Å². The summed E-state index contributed by atoms with van der Waals surface area (Å²) in [6.45, 7) is 12.2. The lowest BCUT2D eigenvalue weighted by Crippen LogP contribution is -2.28. The molecule has 2 rings (SSSR count). The normalized spacial score (nSPS) is 20.0. The molecule has 1 aliphatic rings. The molecule has 1 fully saturated rings. The van der Waals surface area contributed by atoms with E-state index in [0.29, 0.717) is 0 Å². The first-order valence-electron chi connectivity index (χ1n) is 7.17. The summed E-state index contributed by atoms with van der Waals surface area (Å²) in [7, 11) is 0. The molecule has 1 unspecified atom stereocenters. The maximum absolute atomic E-state index is 4.35. The molecule has 0 radical (unpaired) electrons. The van der Waals surface area contributed by atoms with Crippen molar-refractivity contribution in [3.8, 4) is 0 Å². The van der Waals surface area contributed by atoms with Gasteiger partial charge in [-0.05, 0) is 38.3 Å². The zero-order valence-corrected chi connectivity index (χ0v) is 11.9. The fraction of sp³-hybridized carbons (Fsp3) is 0.786. The predicted molar refractivity (Wildman–Crippen MR) is 75.9 cm³/mol. The summed E-state index contributed by atoms with van der Waals surface area (Å²) in [6.07, 6.45) is 5.44. The van der Waals surface area contributed by atoms with E-state index in [1.165, 1.54) is 25.2 Å². The highest BCUT2D eigenvalue weighted by Crippen LogP contribution is 2.22. The van der Waals surface area contributed by atoms with Gasteiger partial charge in [0.05, 0.1) is 11.9 Å². The molecule has 102 valence electrons. The van der Waals surface area contributed by atoms with Crippen molar-refractivity contribution in [1.29, 1.82) is 0 Å². The minimum atomic E-state index is 0.741. The van der Waals surface area contributed by atoms with Gasteiger partial charge >= 0.3 is 0 Å². The molecule has 1 aliphatic heterocycles. The molecule has 0 aromatic carbocycles. The first-order chi connectivity index (χ1) is 8.69. The molecule has 0 aliphatic carbocycles. The second-order valence-corrected chi connectivity index (χ2v) is 5.71. The molecular weight excluding hydrogens is 224 g/mol. The van der Waals surface area contributed by atoms with Gasteiger partial charge in [-0.1, -0.05) is 13.8 Å². The Morgan fingerprint density at radius 2 is 2.33 bits per heavy atom. The average Bonchev–Trinajstić information content (AvgIpc) is 2.95. The van der Waals surface area contributed by atoms with Gasteiger partial charge in [0, 0.05) is 25.8 Å². The number of anilines is 1. The molecule has 2 heterocycles. The van der Waals surface area contributed by atoms with Crippen LogP contribution < -0.4 is 10.2 Å². The molecule has 4 heteroatoms. The Morgan fingerprint density at radius 3 is 3.00 bits per heavy atom. The molecule has 1 aromatic heterocycles. The van der Waals surface area contributed by atoms with Crippen LogP contribution in [0, 0.1) is 11.8 Å². The molecule has 18 heavy (non-hydrogen) atoms. The highest BCUT2D eigenvalue weighted by atomic mass is 15.3. The van der Waals surface area contributed by atoms with E-state index in [0.717, 1.165) is 31.5 Å². The third-order valence-electron chi connectivity index (χ3n) is 3.58. The van der Waals surface area contributed by atoms with E-state index in [1.807, 2.05) is 10.9 Å². The molecule has 0 bridgehead atoms. The molecule has 1 saturated heterocycles. The van der Waals surface area contributed by atoms with Crippen LogP contribution in [0.1, 0.15) is 27.2 Å². The Labute approximate surface area is 110 Å². The summed E-state index contributed by atoms with van der Waals surface area (Å²) in [5, 5.41) is 7.92. The Hall–Kier alpha value is -1.03. The summed E-state index contributed by atoms with van der Waals surface area (Å²) in [6, 6.07) is 0. The van der Waals surface area contributed by atoms with Gasteiger partial charge in [-0.15, -0.1) is 0 Å². The molecule has 1 atom stereocenters. The van der Waals surface area contributed by atoms with Crippen LogP contribution in [0.25, 0.3) is 0 Å². The van der Waals surface area contributed by atoms with E-state index in [4.69, 9.17) is 0 Å². The van der Waals surface area contributed by atoms with Crippen molar-refractivity contribution in [3.05, 3.63) is 12.4 Å². The Morgan fingerprint density at radius 1 is 1.50 bits per heavy atom. The molecule has 0 saturated carbocycles. The largest absolute Gasteiger partial charge is 0.369 e. The average molecular weight is 250 g/mol. The third-order valence-corrected chi connectivity index (χ3v) is 3.58. The summed E-state index contributed by atoms with van der Waals surface area (Å²) in [4.78, 5) is 2.46. The smallest absolute Gasteiger partial charge is 0.0752 e. The summed E-state index contributed by atoms with van der Waals surface area (Å²) in [5.41, 5.74) is 1.28. The summed E-state index contributed by atoms with van der Waals surface area (Å²) >= 11 is 0. The number of aryl methyl sites for hydroxylation is 1. The lowest BCUT2D eigenvalue weighted by Gasteiger charge is -2.16. The molecule has 1 aromatic rings. The quantitative estimate of drug-likeness (QED) is 0.838. The van der Waals surface area contributed by atoms with Crippen LogP contribution in [0.4, 0.5) is 5.69 Å². The number of hydrogen-bond donors (Lipinski definition) is 1. The van der Waals surface area contributed by atoms with Crippen LogP contribution >= 0.6 is 0 Å². The fourth-order valence-electron chi connectivity index (χ4n) is 2.50. The van der Waals surface area contributed by atoms with Crippen molar-refractivity contribution < 1.29 is 0 Å². The van der Waals surface area contributed by atoms with Crippen LogP contribution in [-0.2, 0) is 6.54 Å². The van der Waals surface area contributed by atoms with Crippen LogP contribution in [0.5, 0.6) is 0 Å². The number of aromatic nitrogens is 2. The Kier molecular flexibility index (Phi) is 4.64. The van der Waals surface area contributed by atoms with E-state index in [9.17, 15) is 0 Å². The van der Waals surface area contributed by atoms with Crippen LogP contribution in [-0.4, -0.2) is 36.0 Å². The Balaban J connectivity index is 1.77. The van der Waals surface area contributed by atoms with Crippen molar-refractivity contribution in [2.45, 2.75) is 33.7 Å². The number of rotatable bonds is 6. The second kappa shape index (κ2) is 6.23. The van der Waals surface area contributed by atoms with E-state index in [-0.39, 0.29) is 0 Å². The van der Waals surface area contributed by atoms with Crippen molar-refractivity contribution in [1.82, 2.24) is 15.1 Å². The summed E-state index contributed by atoms with van der Waals surface area (Å²) < 4.78 is 2.00. The molecule has 4 nitrogen and oxygen atoms in total. The molecule has 0 amide bonds. The lowest BCUT2D eigenvalue weighted by atomic mass is 10.1. The first kappa shape index (κ1) is 13.4. The van der Waals surface area contributed by atoms with Crippen LogP contribution in [0.2, 0.25) is 0 Å². The zero-order chi connectivity index (χ0) is 13.0. The zero-order valence-electron chi connectivity index (χ0n) is 11.9. The minimum Gasteiger partial charge on any atom is -0.369 e. The SMILES string of the molecule is CCn1cc(N2CCC(CNCC(C)C)C2)cn1. The van der Waals surface area contributed by atoms with Crippen LogP contribution in [0.15, 0.2) is 12.4 Å². The fourth-order valence-corrected chi connectivity index (χ4v) is 2.50. The Bertz CT molecular complexity index is 358. The van der Waals surface area contributed by atoms with Crippen molar-refractivity contribution in [2.75, 3.05) is 31.1 Å². The van der Waals surface area contributed by atoms with Gasteiger partial charge in [-0.3, -0.25) is 4.68 Å². The van der Waals surface area contributed by atoms with Gasteiger partial charge in [0.25, 0.3) is 0 Å². The number of nitrogens with zero attached hydrogens (tertiary/aromatic N) is 3. The predicted octanol–water partition coefficient (Wildman–Crippen LogP) is 1.97. The van der Waals surface area contributed by atoms with Crippen molar-refractivity contribution in [3.63, 3.8) is 0 Å². The highest BCUT2D eigenvalue weighted by molar-refractivity contribution is 5.43. The van der Waals surface area contributed by atoms with Crippen molar-refractivity contribution >= 4 is 5.69 Å². The van der Waals surface area contributed by atoms with E-state index in [1.54, 1.807) is 0 Å². The molecular formula is C14H26N4. The maximum Gasteiger partial charge on any atom is 0.0752 e. The number of nitrogens with one attached hydrogen (secondary N) is 1. The van der Waals surface area contributed by atoms with E-state index < -0.39 is 0 Å². The standard InChI is InChI=1S/C14H26N4/c1-4-18-11-14(9-16-18)17-6-5-13(10-17)8-15-7-12(2)3/h9,11-13,15H,4-8,10H2,1-3H3. The minimum absolute atomic E-state index is 0.741. The maximum atomic E-state index is 4.35. The van der Waals surface area contributed by atoms with Gasteiger partial charge in [0.1, 0.15) is 0 Å². The van der Waals surface area contributed by atoms with Crippen LogP contribution in [0.3, 0.4) is 0 Å². The van der Waals surface area contributed by atoms with Gasteiger partial charge < -0.3 is 10.2 Å². The highest BCUT2D eigenvalue weighted by Gasteiger charge is 2.23. The van der Waals surface area contributed by atoms with Crippen molar-refractivity contribution in [2.24, 2.45) is 11.8 Å². The third kappa shape index (κ3) is 3.48. The first-order valence-corrected chi connectivity index (χ1v) is 7.17. The second-order valence-electron chi connectivity index (χ2n) is 5.71. The molecule has 0 spiro atoms. The van der Waals surface area contributed by atoms with Gasteiger partial charge in [-0.2, -0.15) is 5.10 Å². The summed E-state index contributed by atoms with van der Waals surface area (Å²) in [5.74, 6) is 1.53. The van der Waals surface area contributed by atoms with E-state index in [2.05, 4.69) is 42.3 Å². The topological polar surface area (TPSA) is 33.1 Å².